The molecule has 6 heteroatoms. The van der Waals surface area contributed by atoms with Gasteiger partial charge in [0.2, 0.25) is 0 Å². The van der Waals surface area contributed by atoms with Crippen molar-refractivity contribution >= 4 is 23.0 Å². The van der Waals surface area contributed by atoms with E-state index < -0.39 is 11.3 Å². The molecule has 0 fully saturated rings. The molecule has 78 valence electrons. The summed E-state index contributed by atoms with van der Waals surface area (Å²) in [7, 11) is 0. The summed E-state index contributed by atoms with van der Waals surface area (Å²) in [6.07, 6.45) is 1.58. The highest BCUT2D eigenvalue weighted by molar-refractivity contribution is 8.17. The van der Waals surface area contributed by atoms with Gasteiger partial charge in [-0.1, -0.05) is 18.2 Å². The highest BCUT2D eigenvalue weighted by atomic mass is 32.2. The van der Waals surface area contributed by atoms with Gasteiger partial charge in [-0.15, -0.1) is 4.52 Å². The highest BCUT2D eigenvalue weighted by Crippen LogP contribution is 2.28. The zero-order valence-electron chi connectivity index (χ0n) is 7.79. The normalized spacial score (nSPS) is 20.1. The number of rotatable bonds is 2. The van der Waals surface area contributed by atoms with E-state index in [2.05, 4.69) is 19.7 Å². The molecule has 1 aromatic carbocycles. The van der Waals surface area contributed by atoms with Gasteiger partial charge >= 0.3 is 6.03 Å². The summed E-state index contributed by atoms with van der Waals surface area (Å²) in [6, 6.07) is 8.98. The molecule has 1 heterocycles. The fraction of sp³-hybridized carbons (Fsp3) is 0. The molecule has 1 aliphatic rings. The quantitative estimate of drug-likeness (QED) is 0.661. The number of hydrogen-bond acceptors (Lipinski definition) is 3. The summed E-state index contributed by atoms with van der Waals surface area (Å²) in [6.45, 7) is 0. The average Bonchev–Trinajstić information content (AvgIpc) is 2.71. The first kappa shape index (κ1) is 9.72. The number of benzene rings is 1. The van der Waals surface area contributed by atoms with E-state index in [1.165, 1.54) is 0 Å². The topological polar surface area (TPSA) is 65.8 Å². The summed E-state index contributed by atoms with van der Waals surface area (Å²) >= 11 is -0.965. The maximum atomic E-state index is 11.4. The first-order chi connectivity index (χ1) is 7.34. The number of carbonyl (C=O) groups excluding carboxylic acids is 1. The molecule has 1 atom stereocenters. The van der Waals surface area contributed by atoms with Crippen LogP contribution in [0.5, 0.6) is 0 Å². The van der Waals surface area contributed by atoms with Crippen LogP contribution in [-0.2, 0) is 0 Å². The number of thiol groups is 1. The van der Waals surface area contributed by atoms with Gasteiger partial charge in [0.1, 0.15) is 0 Å². The molecule has 0 saturated heterocycles. The van der Waals surface area contributed by atoms with Crippen LogP contribution in [-0.4, -0.2) is 6.03 Å². The van der Waals surface area contributed by atoms with Crippen LogP contribution in [0.4, 0.5) is 10.5 Å². The third-order valence-corrected chi connectivity index (χ3v) is 2.81. The third-order valence-electron chi connectivity index (χ3n) is 1.67. The Morgan fingerprint density at radius 3 is 2.73 bits per heavy atom. The molecule has 0 saturated carbocycles. The van der Waals surface area contributed by atoms with Crippen molar-refractivity contribution in [2.45, 2.75) is 0 Å². The lowest BCUT2D eigenvalue weighted by molar-refractivity contribution is 0.257. The van der Waals surface area contributed by atoms with E-state index >= 15 is 0 Å². The largest absolute Gasteiger partial charge is 0.329 e. The predicted octanol–water partition coefficient (Wildman–Crippen LogP) is 2.58. The number of para-hydroxylation sites is 1. The first-order valence-electron chi connectivity index (χ1n) is 4.34. The lowest BCUT2D eigenvalue weighted by Gasteiger charge is -2.10. The van der Waals surface area contributed by atoms with E-state index in [4.69, 9.17) is 0 Å². The average molecular weight is 222 g/mol. The molecule has 1 aliphatic heterocycles. The van der Waals surface area contributed by atoms with Crippen molar-refractivity contribution in [3.63, 3.8) is 0 Å². The van der Waals surface area contributed by atoms with Crippen LogP contribution < -0.4 is 10.0 Å². The van der Waals surface area contributed by atoms with Crippen molar-refractivity contribution < 1.29 is 4.79 Å². The van der Waals surface area contributed by atoms with Gasteiger partial charge in [-0.3, -0.25) is 4.72 Å². The van der Waals surface area contributed by atoms with Crippen LogP contribution in [0, 0.1) is 0 Å². The Labute approximate surface area is 89.9 Å². The van der Waals surface area contributed by atoms with Crippen LogP contribution in [0.15, 0.2) is 51.6 Å². The van der Waals surface area contributed by atoms with Crippen LogP contribution in [0.3, 0.4) is 0 Å². The molecule has 0 aromatic heterocycles. The second kappa shape index (κ2) is 4.61. The van der Waals surface area contributed by atoms with Gasteiger partial charge in [0.15, 0.2) is 0 Å². The Hall–Kier alpha value is -1.82. The van der Waals surface area contributed by atoms with E-state index in [9.17, 15) is 4.79 Å². The molecule has 1 unspecified atom stereocenters. The number of amides is 2. The Balaban J connectivity index is 1.87. The van der Waals surface area contributed by atoms with Crippen molar-refractivity contribution in [1.82, 2.24) is 4.72 Å². The Morgan fingerprint density at radius 2 is 2.07 bits per heavy atom. The molecular weight excluding hydrogens is 212 g/mol. The zero-order chi connectivity index (χ0) is 10.5. The van der Waals surface area contributed by atoms with Crippen molar-refractivity contribution in [1.29, 1.82) is 0 Å². The predicted molar refractivity (Wildman–Crippen MR) is 61.6 cm³/mol. The third kappa shape index (κ3) is 2.81. The number of carbonyl (C=O) groups is 1. The summed E-state index contributed by atoms with van der Waals surface area (Å²) in [4.78, 5) is 11.4. The Morgan fingerprint density at radius 1 is 1.27 bits per heavy atom. The molecule has 2 N–H and O–H groups in total. The van der Waals surface area contributed by atoms with Gasteiger partial charge in [-0.25, -0.2) is 4.79 Å². The summed E-state index contributed by atoms with van der Waals surface area (Å²) in [5, 5.41) is 8.12. The van der Waals surface area contributed by atoms with Crippen molar-refractivity contribution in [2.75, 3.05) is 5.32 Å². The summed E-state index contributed by atoms with van der Waals surface area (Å²) in [5.74, 6) is 0. The van der Waals surface area contributed by atoms with Gasteiger partial charge < -0.3 is 5.32 Å². The maximum absolute atomic E-state index is 11.4. The molecule has 0 radical (unpaired) electrons. The molecule has 0 bridgehead atoms. The van der Waals surface area contributed by atoms with Crippen molar-refractivity contribution in [3.8, 4) is 0 Å². The maximum Gasteiger partial charge on any atom is 0.329 e. The zero-order valence-corrected chi connectivity index (χ0v) is 8.69. The molecule has 2 amide bonds. The fourth-order valence-electron chi connectivity index (χ4n) is 1.05. The lowest BCUT2D eigenvalue weighted by atomic mass is 10.3. The Kier molecular flexibility index (Phi) is 2.99. The minimum absolute atomic E-state index is 0.266. The second-order valence-corrected chi connectivity index (χ2v) is 4.17. The number of nitrogens with one attached hydrogen (secondary N) is 2. The van der Waals surface area contributed by atoms with E-state index in [0.717, 1.165) is 5.69 Å². The van der Waals surface area contributed by atoms with Gasteiger partial charge in [-0.05, 0) is 23.4 Å². The van der Waals surface area contributed by atoms with Gasteiger partial charge in [0.05, 0.1) is 6.20 Å². The van der Waals surface area contributed by atoms with Crippen molar-refractivity contribution in [2.24, 2.45) is 9.63 Å². The molecule has 0 aliphatic carbocycles. The van der Waals surface area contributed by atoms with Gasteiger partial charge in [-0.2, -0.15) is 5.11 Å². The molecule has 2 rings (SSSR count). The van der Waals surface area contributed by atoms with E-state index in [1.807, 2.05) is 30.3 Å². The number of nitrogens with zero attached hydrogens (tertiary/aromatic N) is 2. The molecule has 0 spiro atoms. The van der Waals surface area contributed by atoms with Crippen LogP contribution >= 0.6 is 11.3 Å². The summed E-state index contributed by atoms with van der Waals surface area (Å²) < 4.78 is 6.52. The first-order valence-corrected chi connectivity index (χ1v) is 5.70. The highest BCUT2D eigenvalue weighted by Gasteiger charge is 2.06. The van der Waals surface area contributed by atoms with Gasteiger partial charge in [0.25, 0.3) is 0 Å². The smallest absolute Gasteiger partial charge is 0.307 e. The van der Waals surface area contributed by atoms with Crippen LogP contribution in [0.2, 0.25) is 0 Å². The molecule has 1 aromatic rings. The number of anilines is 1. The standard InChI is InChI=1S/C9H10N4OS/c14-9(12-15-7-6-10-13-15)11-8-4-2-1-3-5-8/h1-7,15H,(H2,11,12,14). The molecule has 5 nitrogen and oxygen atoms in total. The monoisotopic (exact) mass is 222 g/mol. The van der Waals surface area contributed by atoms with E-state index in [0.29, 0.717) is 0 Å². The second-order valence-electron chi connectivity index (χ2n) is 2.78. The molecule has 15 heavy (non-hydrogen) atoms. The minimum Gasteiger partial charge on any atom is -0.307 e. The van der Waals surface area contributed by atoms with Crippen LogP contribution in [0.25, 0.3) is 0 Å². The van der Waals surface area contributed by atoms with Crippen LogP contribution in [0.1, 0.15) is 0 Å². The SMILES string of the molecule is O=C(Nc1ccccc1)N[SH]1C=CN=N1. The number of urea groups is 1. The van der Waals surface area contributed by atoms with E-state index in [1.54, 1.807) is 11.6 Å². The lowest BCUT2D eigenvalue weighted by Crippen LogP contribution is -2.24. The fourth-order valence-corrected chi connectivity index (χ4v) is 1.85. The van der Waals surface area contributed by atoms with E-state index in [-0.39, 0.29) is 6.03 Å². The Bertz CT molecular complexity index is 392. The van der Waals surface area contributed by atoms with Crippen molar-refractivity contribution in [3.05, 3.63) is 41.9 Å². The number of hydrogen-bond donors (Lipinski definition) is 3. The summed E-state index contributed by atoms with van der Waals surface area (Å²) in [5.41, 5.74) is 0.755. The van der Waals surface area contributed by atoms with Gasteiger partial charge in [0, 0.05) is 11.1 Å². The molecular formula is C9H10N4OS. The minimum atomic E-state index is -0.965.